The molecule has 0 saturated heterocycles. The molecule has 4 aromatic rings. The average Bonchev–Trinajstić information content (AvgIpc) is 3.19. The normalized spacial score (nSPS) is 12.3. The molecule has 0 radical (unpaired) electrons. The number of fused-ring (bicyclic) bond motifs is 1. The number of anilines is 1. The molecule has 6 nitrogen and oxygen atoms in total. The SMILES string of the molecule is O=C(CCS(=O)c1ccccc1)Nc1ccc2[nH]nc(/C=C/c3cccnc3)c2c1. The summed E-state index contributed by atoms with van der Waals surface area (Å²) in [5.74, 6) is 0.109. The lowest BCUT2D eigenvalue weighted by Gasteiger charge is -2.06. The number of hydrogen-bond donors (Lipinski definition) is 2. The molecule has 1 unspecified atom stereocenters. The molecule has 0 bridgehead atoms. The summed E-state index contributed by atoms with van der Waals surface area (Å²) in [5, 5.41) is 11.1. The van der Waals surface area contributed by atoms with Crippen LogP contribution >= 0.6 is 0 Å². The Labute approximate surface area is 176 Å². The first-order chi connectivity index (χ1) is 14.7. The van der Waals surface area contributed by atoms with Crippen LogP contribution in [0.2, 0.25) is 0 Å². The number of carbonyl (C=O) groups is 1. The summed E-state index contributed by atoms with van der Waals surface area (Å²) in [6.07, 6.45) is 7.53. The maximum Gasteiger partial charge on any atom is 0.225 e. The molecule has 2 heterocycles. The van der Waals surface area contributed by atoms with Crippen molar-refractivity contribution in [2.75, 3.05) is 11.1 Å². The summed E-state index contributed by atoms with van der Waals surface area (Å²) < 4.78 is 12.3. The third-order valence-electron chi connectivity index (χ3n) is 4.51. The minimum absolute atomic E-state index is 0.172. The van der Waals surface area contributed by atoms with Gasteiger partial charge in [0.2, 0.25) is 5.91 Å². The van der Waals surface area contributed by atoms with Crippen molar-refractivity contribution in [2.24, 2.45) is 0 Å². The number of hydrogen-bond acceptors (Lipinski definition) is 4. The van der Waals surface area contributed by atoms with Crippen molar-refractivity contribution in [2.45, 2.75) is 11.3 Å². The molecule has 150 valence electrons. The van der Waals surface area contributed by atoms with Crippen molar-refractivity contribution >= 4 is 45.4 Å². The fourth-order valence-corrected chi connectivity index (χ4v) is 4.06. The van der Waals surface area contributed by atoms with Crippen molar-refractivity contribution in [1.29, 1.82) is 0 Å². The van der Waals surface area contributed by atoms with Crippen LogP contribution in [0.3, 0.4) is 0 Å². The molecule has 30 heavy (non-hydrogen) atoms. The van der Waals surface area contributed by atoms with Crippen LogP contribution in [-0.2, 0) is 15.6 Å². The predicted molar refractivity (Wildman–Crippen MR) is 120 cm³/mol. The van der Waals surface area contributed by atoms with E-state index in [1.54, 1.807) is 24.5 Å². The molecule has 2 aromatic heterocycles. The summed E-state index contributed by atoms with van der Waals surface area (Å²) in [6, 6.07) is 18.6. The maximum absolute atomic E-state index is 12.3. The van der Waals surface area contributed by atoms with E-state index in [4.69, 9.17) is 0 Å². The Hall–Kier alpha value is -3.58. The molecule has 0 aliphatic rings. The first-order valence-electron chi connectivity index (χ1n) is 9.48. The molecule has 0 saturated carbocycles. The largest absolute Gasteiger partial charge is 0.326 e. The van der Waals surface area contributed by atoms with Gasteiger partial charge in [-0.15, -0.1) is 0 Å². The Morgan fingerprint density at radius 3 is 2.73 bits per heavy atom. The Bertz CT molecular complexity index is 1200. The highest BCUT2D eigenvalue weighted by Gasteiger charge is 2.10. The molecule has 7 heteroatoms. The van der Waals surface area contributed by atoms with Gasteiger partial charge < -0.3 is 5.32 Å². The number of pyridine rings is 1. The second kappa shape index (κ2) is 9.28. The van der Waals surface area contributed by atoms with E-state index < -0.39 is 10.8 Å². The smallest absolute Gasteiger partial charge is 0.225 e. The molecule has 2 N–H and O–H groups in total. The van der Waals surface area contributed by atoms with Gasteiger partial charge >= 0.3 is 0 Å². The van der Waals surface area contributed by atoms with E-state index in [9.17, 15) is 9.00 Å². The second-order valence-electron chi connectivity index (χ2n) is 6.65. The molecular formula is C23H20N4O2S. The van der Waals surface area contributed by atoms with E-state index in [-0.39, 0.29) is 18.1 Å². The lowest BCUT2D eigenvalue weighted by atomic mass is 10.1. The van der Waals surface area contributed by atoms with Crippen molar-refractivity contribution in [3.8, 4) is 0 Å². The summed E-state index contributed by atoms with van der Waals surface area (Å²) in [6.45, 7) is 0. The molecule has 4 rings (SSSR count). The van der Waals surface area contributed by atoms with Gasteiger partial charge in [-0.3, -0.25) is 19.1 Å². The number of aromatic nitrogens is 3. The van der Waals surface area contributed by atoms with Gasteiger partial charge in [0, 0.05) is 40.5 Å². The molecule has 0 aliphatic heterocycles. The Kier molecular flexibility index (Phi) is 6.10. The van der Waals surface area contributed by atoms with Gasteiger partial charge in [-0.1, -0.05) is 30.3 Å². The van der Waals surface area contributed by atoms with Crippen LogP contribution in [0.4, 0.5) is 5.69 Å². The molecule has 0 fully saturated rings. The van der Waals surface area contributed by atoms with Crippen molar-refractivity contribution in [1.82, 2.24) is 15.2 Å². The number of nitrogens with one attached hydrogen (secondary N) is 2. The quantitative estimate of drug-likeness (QED) is 0.471. The Morgan fingerprint density at radius 1 is 1.07 bits per heavy atom. The number of benzene rings is 2. The molecule has 0 spiro atoms. The molecular weight excluding hydrogens is 396 g/mol. The van der Waals surface area contributed by atoms with Crippen LogP contribution in [0.5, 0.6) is 0 Å². The van der Waals surface area contributed by atoms with Crippen LogP contribution < -0.4 is 5.32 Å². The number of nitrogens with zero attached hydrogens (tertiary/aromatic N) is 2. The minimum atomic E-state index is -1.19. The third-order valence-corrected chi connectivity index (χ3v) is 5.89. The minimum Gasteiger partial charge on any atom is -0.326 e. The van der Waals surface area contributed by atoms with E-state index in [1.165, 1.54) is 0 Å². The van der Waals surface area contributed by atoms with Crippen molar-refractivity contribution < 1.29 is 9.00 Å². The zero-order valence-corrected chi connectivity index (χ0v) is 16.9. The Morgan fingerprint density at radius 2 is 1.93 bits per heavy atom. The zero-order valence-electron chi connectivity index (χ0n) is 16.1. The summed E-state index contributed by atoms with van der Waals surface area (Å²) in [7, 11) is -1.19. The summed E-state index contributed by atoms with van der Waals surface area (Å²) in [4.78, 5) is 17.2. The van der Waals surface area contributed by atoms with E-state index >= 15 is 0 Å². The highest BCUT2D eigenvalue weighted by Crippen LogP contribution is 2.22. The summed E-state index contributed by atoms with van der Waals surface area (Å²) >= 11 is 0. The van der Waals surface area contributed by atoms with Gasteiger partial charge in [-0.05, 0) is 48.0 Å². The van der Waals surface area contributed by atoms with Crippen LogP contribution in [0.1, 0.15) is 17.7 Å². The monoisotopic (exact) mass is 416 g/mol. The van der Waals surface area contributed by atoms with Gasteiger partial charge in [0.05, 0.1) is 22.0 Å². The van der Waals surface area contributed by atoms with Crippen LogP contribution in [0, 0.1) is 0 Å². The zero-order chi connectivity index (χ0) is 20.8. The Balaban J connectivity index is 1.42. The third kappa shape index (κ3) is 4.87. The second-order valence-corrected chi connectivity index (χ2v) is 8.22. The van der Waals surface area contributed by atoms with Gasteiger partial charge in [-0.25, -0.2) is 0 Å². The van der Waals surface area contributed by atoms with E-state index in [2.05, 4.69) is 20.5 Å². The van der Waals surface area contributed by atoms with Crippen LogP contribution in [0.25, 0.3) is 23.1 Å². The fourth-order valence-electron chi connectivity index (χ4n) is 2.99. The number of amides is 1. The number of carbonyl (C=O) groups excluding carboxylic acids is 1. The van der Waals surface area contributed by atoms with Gasteiger partial charge in [0.1, 0.15) is 0 Å². The van der Waals surface area contributed by atoms with E-state index in [1.807, 2.05) is 60.7 Å². The molecule has 2 aromatic carbocycles. The highest BCUT2D eigenvalue weighted by atomic mass is 32.2. The van der Waals surface area contributed by atoms with E-state index in [0.29, 0.717) is 5.69 Å². The van der Waals surface area contributed by atoms with Crippen molar-refractivity contribution in [3.63, 3.8) is 0 Å². The number of H-pyrrole nitrogens is 1. The van der Waals surface area contributed by atoms with E-state index in [0.717, 1.165) is 27.1 Å². The maximum atomic E-state index is 12.3. The van der Waals surface area contributed by atoms with Gasteiger partial charge in [-0.2, -0.15) is 5.10 Å². The lowest BCUT2D eigenvalue weighted by Crippen LogP contribution is -2.14. The first-order valence-corrected chi connectivity index (χ1v) is 10.8. The number of aromatic amines is 1. The molecule has 0 aliphatic carbocycles. The summed E-state index contributed by atoms with van der Waals surface area (Å²) in [5.41, 5.74) is 3.30. The molecule has 1 amide bonds. The van der Waals surface area contributed by atoms with Crippen molar-refractivity contribution in [3.05, 3.63) is 84.3 Å². The van der Waals surface area contributed by atoms with Crippen LogP contribution in [0.15, 0.2) is 78.0 Å². The van der Waals surface area contributed by atoms with Crippen LogP contribution in [-0.4, -0.2) is 31.1 Å². The average molecular weight is 417 g/mol. The highest BCUT2D eigenvalue weighted by molar-refractivity contribution is 7.85. The lowest BCUT2D eigenvalue weighted by molar-refractivity contribution is -0.115. The first kappa shape index (κ1) is 19.7. The topological polar surface area (TPSA) is 87.7 Å². The standard InChI is InChI=1S/C23H20N4O2S/c28-23(12-14-30(29)19-6-2-1-3-7-19)25-18-9-11-22-20(15-18)21(26-27-22)10-8-17-5-4-13-24-16-17/h1-11,13,15-16H,12,14H2,(H,25,28)(H,26,27)/b10-8+. The molecule has 1 atom stereocenters. The van der Waals surface area contributed by atoms with Gasteiger partial charge in [0.25, 0.3) is 0 Å². The number of rotatable bonds is 7. The fraction of sp³-hybridized carbons (Fsp3) is 0.0870. The van der Waals surface area contributed by atoms with Gasteiger partial charge in [0.15, 0.2) is 0 Å². The predicted octanol–water partition coefficient (Wildman–Crippen LogP) is 4.26.